The molecular formula is C24H20N2O4. The Bertz CT molecular complexity index is 1210. The lowest BCUT2D eigenvalue weighted by Gasteiger charge is -2.11. The van der Waals surface area contributed by atoms with E-state index in [0.29, 0.717) is 23.5 Å². The average molecular weight is 400 g/mol. The van der Waals surface area contributed by atoms with Gasteiger partial charge in [0, 0.05) is 5.39 Å². The van der Waals surface area contributed by atoms with E-state index in [0.717, 1.165) is 39.7 Å². The van der Waals surface area contributed by atoms with Gasteiger partial charge in [-0.1, -0.05) is 24.3 Å². The standard InChI is InChI=1S/C24H20N2O4/c1-28-20-10-7-15(14-21(20)29-2)13-16-8-9-18-22(24(27)30-12-11-25)17-5-3-4-6-19(17)26-23(16)18/h3-7,10,13-14H,8-9,12H2,1-2H3/b16-13+. The van der Waals surface area contributed by atoms with Crippen LogP contribution in [0, 0.1) is 11.3 Å². The summed E-state index contributed by atoms with van der Waals surface area (Å²) < 4.78 is 15.8. The van der Waals surface area contributed by atoms with E-state index in [2.05, 4.69) is 6.08 Å². The molecule has 1 aliphatic carbocycles. The number of methoxy groups -OCH3 is 2. The zero-order valence-corrected chi connectivity index (χ0v) is 16.8. The van der Waals surface area contributed by atoms with Crippen LogP contribution in [0.4, 0.5) is 0 Å². The lowest BCUT2D eigenvalue weighted by molar-refractivity contribution is 0.0556. The molecule has 6 heteroatoms. The number of nitrogens with zero attached hydrogens (tertiary/aromatic N) is 2. The molecule has 0 saturated carbocycles. The maximum absolute atomic E-state index is 12.7. The predicted molar refractivity (Wildman–Crippen MR) is 113 cm³/mol. The maximum atomic E-state index is 12.7. The van der Waals surface area contributed by atoms with Crippen molar-refractivity contribution in [1.82, 2.24) is 4.98 Å². The quantitative estimate of drug-likeness (QED) is 0.590. The van der Waals surface area contributed by atoms with Crippen LogP contribution >= 0.6 is 0 Å². The molecule has 0 atom stereocenters. The number of ether oxygens (including phenoxy) is 3. The van der Waals surface area contributed by atoms with Crippen LogP contribution in [0.15, 0.2) is 42.5 Å². The lowest BCUT2D eigenvalue weighted by atomic mass is 10.0. The molecule has 0 bridgehead atoms. The maximum Gasteiger partial charge on any atom is 0.340 e. The van der Waals surface area contributed by atoms with E-state index in [-0.39, 0.29) is 6.61 Å². The summed E-state index contributed by atoms with van der Waals surface area (Å²) in [5, 5.41) is 9.53. The van der Waals surface area contributed by atoms with Crippen molar-refractivity contribution < 1.29 is 19.0 Å². The molecule has 0 unspecified atom stereocenters. The third kappa shape index (κ3) is 3.46. The summed E-state index contributed by atoms with van der Waals surface area (Å²) in [6, 6.07) is 15.1. The first-order chi connectivity index (χ1) is 14.7. The second-order valence-electron chi connectivity index (χ2n) is 6.85. The largest absolute Gasteiger partial charge is 0.493 e. The number of fused-ring (bicyclic) bond motifs is 2. The van der Waals surface area contributed by atoms with Gasteiger partial charge in [0.1, 0.15) is 6.07 Å². The van der Waals surface area contributed by atoms with Gasteiger partial charge in [-0.05, 0) is 53.8 Å². The normalized spacial score (nSPS) is 13.7. The Kier molecular flexibility index (Phi) is 5.36. The van der Waals surface area contributed by atoms with Gasteiger partial charge in [-0.25, -0.2) is 9.78 Å². The number of nitriles is 1. The van der Waals surface area contributed by atoms with Crippen molar-refractivity contribution >= 4 is 28.5 Å². The summed E-state index contributed by atoms with van der Waals surface area (Å²) in [6.45, 7) is -0.279. The number of carbonyl (C=O) groups is 1. The second kappa shape index (κ2) is 8.26. The molecule has 1 heterocycles. The van der Waals surface area contributed by atoms with Crippen molar-refractivity contribution in [2.45, 2.75) is 12.8 Å². The molecule has 0 N–H and O–H groups in total. The van der Waals surface area contributed by atoms with Gasteiger partial charge < -0.3 is 14.2 Å². The summed E-state index contributed by atoms with van der Waals surface area (Å²) in [5.41, 5.74) is 4.88. The van der Waals surface area contributed by atoms with Crippen molar-refractivity contribution in [3.05, 3.63) is 64.8 Å². The Labute approximate surface area is 174 Å². The molecule has 30 heavy (non-hydrogen) atoms. The Hall–Kier alpha value is -3.85. The van der Waals surface area contributed by atoms with E-state index < -0.39 is 5.97 Å². The van der Waals surface area contributed by atoms with Crippen molar-refractivity contribution in [1.29, 1.82) is 5.26 Å². The molecule has 1 aromatic heterocycles. The number of aromatic nitrogens is 1. The van der Waals surface area contributed by atoms with Gasteiger partial charge >= 0.3 is 5.97 Å². The van der Waals surface area contributed by atoms with Crippen LogP contribution in [0.3, 0.4) is 0 Å². The van der Waals surface area contributed by atoms with E-state index in [1.54, 1.807) is 14.2 Å². The van der Waals surface area contributed by atoms with Crippen LogP contribution in [0.25, 0.3) is 22.6 Å². The molecule has 2 aromatic carbocycles. The molecule has 1 aliphatic rings. The zero-order valence-electron chi connectivity index (χ0n) is 16.8. The number of rotatable bonds is 5. The van der Waals surface area contributed by atoms with Crippen LogP contribution in [0.1, 0.15) is 33.6 Å². The molecule has 0 spiro atoms. The summed E-state index contributed by atoms with van der Waals surface area (Å²) in [4.78, 5) is 17.6. The Morgan fingerprint density at radius 1 is 1.13 bits per heavy atom. The molecule has 0 radical (unpaired) electrons. The third-order valence-corrected chi connectivity index (χ3v) is 5.16. The first-order valence-corrected chi connectivity index (χ1v) is 9.55. The van der Waals surface area contributed by atoms with Crippen molar-refractivity contribution in [2.24, 2.45) is 0 Å². The van der Waals surface area contributed by atoms with Gasteiger partial charge in [-0.3, -0.25) is 0 Å². The number of pyridine rings is 1. The fourth-order valence-corrected chi connectivity index (χ4v) is 3.83. The van der Waals surface area contributed by atoms with E-state index in [4.69, 9.17) is 24.5 Å². The molecule has 0 fully saturated rings. The smallest absolute Gasteiger partial charge is 0.340 e. The van der Waals surface area contributed by atoms with Gasteiger partial charge in [0.05, 0.1) is 31.0 Å². The van der Waals surface area contributed by atoms with Gasteiger partial charge in [-0.2, -0.15) is 5.26 Å². The van der Waals surface area contributed by atoms with Crippen LogP contribution in [-0.4, -0.2) is 31.8 Å². The number of para-hydroxylation sites is 1. The average Bonchev–Trinajstić information content (AvgIpc) is 3.17. The van der Waals surface area contributed by atoms with Gasteiger partial charge in [0.25, 0.3) is 0 Å². The fraction of sp³-hybridized carbons (Fsp3) is 0.208. The molecule has 0 saturated heterocycles. The minimum atomic E-state index is -0.487. The molecule has 6 nitrogen and oxygen atoms in total. The van der Waals surface area contributed by atoms with Crippen LogP contribution in [0.5, 0.6) is 11.5 Å². The van der Waals surface area contributed by atoms with E-state index in [1.165, 1.54) is 0 Å². The molecule has 4 rings (SSSR count). The molecule has 0 amide bonds. The van der Waals surface area contributed by atoms with Gasteiger partial charge in [-0.15, -0.1) is 0 Å². The molecule has 0 aliphatic heterocycles. The highest BCUT2D eigenvalue weighted by Crippen LogP contribution is 2.38. The minimum Gasteiger partial charge on any atom is -0.493 e. The number of hydrogen-bond acceptors (Lipinski definition) is 6. The van der Waals surface area contributed by atoms with E-state index in [1.807, 2.05) is 48.5 Å². The topological polar surface area (TPSA) is 81.4 Å². The Morgan fingerprint density at radius 2 is 1.93 bits per heavy atom. The van der Waals surface area contributed by atoms with E-state index in [9.17, 15) is 4.79 Å². The predicted octanol–water partition coefficient (Wildman–Crippen LogP) is 4.42. The SMILES string of the molecule is COc1ccc(/C=C2\CCc3c2nc2ccccc2c3C(=O)OCC#N)cc1OC. The van der Waals surface area contributed by atoms with Crippen LogP contribution < -0.4 is 9.47 Å². The van der Waals surface area contributed by atoms with Crippen LogP contribution in [-0.2, 0) is 11.2 Å². The summed E-state index contributed by atoms with van der Waals surface area (Å²) >= 11 is 0. The fourth-order valence-electron chi connectivity index (χ4n) is 3.83. The van der Waals surface area contributed by atoms with Gasteiger partial charge in [0.2, 0.25) is 0 Å². The highest BCUT2D eigenvalue weighted by atomic mass is 16.5. The summed E-state index contributed by atoms with van der Waals surface area (Å²) in [6.07, 6.45) is 3.49. The minimum absolute atomic E-state index is 0.279. The monoisotopic (exact) mass is 400 g/mol. The van der Waals surface area contributed by atoms with Gasteiger partial charge in [0.15, 0.2) is 18.1 Å². The first-order valence-electron chi connectivity index (χ1n) is 9.55. The first kappa shape index (κ1) is 19.5. The number of allylic oxidation sites excluding steroid dienone is 1. The van der Waals surface area contributed by atoms with Crippen LogP contribution in [0.2, 0.25) is 0 Å². The highest BCUT2D eigenvalue weighted by molar-refractivity contribution is 6.07. The Balaban J connectivity index is 1.83. The second-order valence-corrected chi connectivity index (χ2v) is 6.85. The summed E-state index contributed by atoms with van der Waals surface area (Å²) in [7, 11) is 3.21. The van der Waals surface area contributed by atoms with E-state index >= 15 is 0 Å². The molecule has 3 aromatic rings. The van der Waals surface area contributed by atoms with Crippen molar-refractivity contribution in [3.8, 4) is 17.6 Å². The number of carbonyl (C=O) groups excluding carboxylic acids is 1. The zero-order chi connectivity index (χ0) is 21.1. The lowest BCUT2D eigenvalue weighted by Crippen LogP contribution is -2.10. The summed E-state index contributed by atoms with van der Waals surface area (Å²) in [5.74, 6) is 0.828. The molecular weight excluding hydrogens is 380 g/mol. The third-order valence-electron chi connectivity index (χ3n) is 5.16. The number of esters is 1. The van der Waals surface area contributed by atoms with Crippen molar-refractivity contribution in [2.75, 3.05) is 20.8 Å². The number of benzene rings is 2. The highest BCUT2D eigenvalue weighted by Gasteiger charge is 2.27. The van der Waals surface area contributed by atoms with Crippen molar-refractivity contribution in [3.63, 3.8) is 0 Å². The Morgan fingerprint density at radius 3 is 2.70 bits per heavy atom. The molecule has 150 valence electrons. The number of hydrogen-bond donors (Lipinski definition) is 0.